The number of nitrogens with one attached hydrogen (secondary N) is 2. The van der Waals surface area contributed by atoms with Crippen LogP contribution < -0.4 is 15.5 Å². The highest BCUT2D eigenvalue weighted by atomic mass is 79.9. The molecule has 2 N–H and O–H groups in total. The van der Waals surface area contributed by atoms with Gasteiger partial charge in [0.15, 0.2) is 5.76 Å². The van der Waals surface area contributed by atoms with E-state index in [1.165, 1.54) is 18.5 Å². The zero-order valence-corrected chi connectivity index (χ0v) is 21.6. The summed E-state index contributed by atoms with van der Waals surface area (Å²) in [4.78, 5) is 37.6. The minimum atomic E-state index is -0.551. The number of ether oxygens (including phenoxy) is 1. The monoisotopic (exact) mass is 609 g/mol. The van der Waals surface area contributed by atoms with Gasteiger partial charge in [-0.25, -0.2) is 10.2 Å². The van der Waals surface area contributed by atoms with Gasteiger partial charge in [0, 0.05) is 14.5 Å². The summed E-state index contributed by atoms with van der Waals surface area (Å²) >= 11 is 6.71. The second kappa shape index (κ2) is 11.6. The van der Waals surface area contributed by atoms with Crippen LogP contribution >= 0.6 is 31.9 Å². The van der Waals surface area contributed by atoms with Crippen LogP contribution in [0.4, 0.5) is 5.69 Å². The van der Waals surface area contributed by atoms with Crippen molar-refractivity contribution in [3.05, 3.63) is 117 Å². The molecular formula is C26H17Br2N3O5. The number of amides is 2. The van der Waals surface area contributed by atoms with E-state index in [9.17, 15) is 14.4 Å². The first kappa shape index (κ1) is 25.1. The molecule has 0 aliphatic carbocycles. The van der Waals surface area contributed by atoms with Crippen molar-refractivity contribution in [2.24, 2.45) is 5.10 Å². The molecule has 0 saturated heterocycles. The fourth-order valence-corrected chi connectivity index (χ4v) is 3.70. The summed E-state index contributed by atoms with van der Waals surface area (Å²) in [5.41, 5.74) is 3.75. The minimum absolute atomic E-state index is 0.114. The van der Waals surface area contributed by atoms with Gasteiger partial charge >= 0.3 is 5.97 Å². The second-order valence-electron chi connectivity index (χ2n) is 7.25. The van der Waals surface area contributed by atoms with E-state index < -0.39 is 17.8 Å². The SMILES string of the molecule is O=C(Oc1ccc(Br)cc1/C=N\NC(=O)c1ccccc1NC(=O)c1ccco1)c1ccc(Br)cc1. The largest absolute Gasteiger partial charge is 0.459 e. The maximum Gasteiger partial charge on any atom is 0.343 e. The van der Waals surface area contributed by atoms with Crippen LogP contribution in [0.1, 0.15) is 36.8 Å². The lowest BCUT2D eigenvalue weighted by Crippen LogP contribution is -2.21. The predicted octanol–water partition coefficient (Wildman–Crippen LogP) is 6.04. The smallest absolute Gasteiger partial charge is 0.343 e. The fourth-order valence-electron chi connectivity index (χ4n) is 3.06. The van der Waals surface area contributed by atoms with Crippen LogP contribution in [-0.4, -0.2) is 24.0 Å². The molecule has 3 aromatic carbocycles. The number of hydrogen-bond acceptors (Lipinski definition) is 6. The molecule has 2 amide bonds. The molecule has 0 unspecified atom stereocenters. The number of carbonyl (C=O) groups is 3. The molecule has 0 radical (unpaired) electrons. The summed E-state index contributed by atoms with van der Waals surface area (Å²) in [5.74, 6) is -1.21. The van der Waals surface area contributed by atoms with E-state index >= 15 is 0 Å². The standard InChI is InChI=1S/C26H17Br2N3O5/c27-18-9-7-16(8-10-18)26(34)36-22-12-11-19(28)14-17(22)15-29-31-24(32)20-4-1-2-5-21(20)30-25(33)23-6-3-13-35-23/h1-15H,(H,30,33)(H,31,32)/b29-15-. The Morgan fingerprint density at radius 2 is 1.61 bits per heavy atom. The number of para-hydroxylation sites is 1. The van der Waals surface area contributed by atoms with Gasteiger partial charge in [-0.05, 0) is 66.7 Å². The van der Waals surface area contributed by atoms with Crippen molar-refractivity contribution < 1.29 is 23.5 Å². The zero-order valence-electron chi connectivity index (χ0n) is 18.4. The molecule has 4 aromatic rings. The van der Waals surface area contributed by atoms with E-state index in [4.69, 9.17) is 9.15 Å². The molecule has 36 heavy (non-hydrogen) atoms. The second-order valence-corrected chi connectivity index (χ2v) is 9.09. The Hall–Kier alpha value is -4.02. The first-order valence-corrected chi connectivity index (χ1v) is 12.0. The molecule has 0 aliphatic rings. The van der Waals surface area contributed by atoms with Crippen molar-refractivity contribution in [3.8, 4) is 5.75 Å². The molecule has 10 heteroatoms. The number of rotatable bonds is 7. The van der Waals surface area contributed by atoms with Crippen LogP contribution in [0.5, 0.6) is 5.75 Å². The third-order valence-electron chi connectivity index (χ3n) is 4.79. The molecule has 180 valence electrons. The Morgan fingerprint density at radius 3 is 2.36 bits per heavy atom. The van der Waals surface area contributed by atoms with Crippen molar-refractivity contribution >= 4 is 61.5 Å². The van der Waals surface area contributed by atoms with Crippen LogP contribution in [-0.2, 0) is 0 Å². The Labute approximate surface area is 222 Å². The average Bonchev–Trinajstić information content (AvgIpc) is 3.41. The van der Waals surface area contributed by atoms with Crippen LogP contribution in [0.3, 0.4) is 0 Å². The van der Waals surface area contributed by atoms with Crippen LogP contribution in [0.25, 0.3) is 0 Å². The summed E-state index contributed by atoms with van der Waals surface area (Å²) in [5, 5.41) is 6.65. The quantitative estimate of drug-likeness (QED) is 0.115. The summed E-state index contributed by atoms with van der Waals surface area (Å²) in [6, 6.07) is 21.4. The van der Waals surface area contributed by atoms with Crippen molar-refractivity contribution in [3.63, 3.8) is 0 Å². The molecule has 8 nitrogen and oxygen atoms in total. The number of carbonyl (C=O) groups excluding carboxylic acids is 3. The minimum Gasteiger partial charge on any atom is -0.459 e. The van der Waals surface area contributed by atoms with Gasteiger partial charge in [-0.2, -0.15) is 5.10 Å². The lowest BCUT2D eigenvalue weighted by molar-refractivity contribution is 0.0733. The van der Waals surface area contributed by atoms with Crippen molar-refractivity contribution in [2.45, 2.75) is 0 Å². The summed E-state index contributed by atoms with van der Waals surface area (Å²) in [7, 11) is 0. The average molecular weight is 611 g/mol. The van der Waals surface area contributed by atoms with Gasteiger partial charge < -0.3 is 14.5 Å². The summed E-state index contributed by atoms with van der Waals surface area (Å²) in [6.45, 7) is 0. The Balaban J connectivity index is 1.47. The lowest BCUT2D eigenvalue weighted by Gasteiger charge is -2.09. The predicted molar refractivity (Wildman–Crippen MR) is 141 cm³/mol. The van der Waals surface area contributed by atoms with E-state index in [1.807, 2.05) is 0 Å². The fraction of sp³-hybridized carbons (Fsp3) is 0. The van der Waals surface area contributed by atoms with Gasteiger partial charge in [0.05, 0.1) is 29.3 Å². The number of esters is 1. The van der Waals surface area contributed by atoms with Gasteiger partial charge in [-0.1, -0.05) is 44.0 Å². The molecule has 0 aliphatic heterocycles. The van der Waals surface area contributed by atoms with Crippen LogP contribution in [0.15, 0.2) is 104 Å². The van der Waals surface area contributed by atoms with Gasteiger partial charge in [-0.3, -0.25) is 9.59 Å². The topological polar surface area (TPSA) is 110 Å². The maximum atomic E-state index is 12.8. The first-order valence-electron chi connectivity index (χ1n) is 10.5. The molecule has 0 fully saturated rings. The molecule has 0 bridgehead atoms. The molecule has 1 heterocycles. The highest BCUT2D eigenvalue weighted by molar-refractivity contribution is 9.10. The highest BCUT2D eigenvalue weighted by Crippen LogP contribution is 2.23. The first-order chi connectivity index (χ1) is 17.4. The van der Waals surface area contributed by atoms with E-state index in [0.29, 0.717) is 11.1 Å². The van der Waals surface area contributed by atoms with Gasteiger partial charge in [0.2, 0.25) is 0 Å². The Kier molecular flexibility index (Phi) is 8.09. The van der Waals surface area contributed by atoms with E-state index in [1.54, 1.807) is 72.8 Å². The van der Waals surface area contributed by atoms with E-state index in [0.717, 1.165) is 8.95 Å². The van der Waals surface area contributed by atoms with E-state index in [2.05, 4.69) is 47.7 Å². The number of halogens is 2. The number of anilines is 1. The Bertz CT molecular complexity index is 1430. The van der Waals surface area contributed by atoms with Crippen LogP contribution in [0.2, 0.25) is 0 Å². The molecule has 0 saturated carbocycles. The van der Waals surface area contributed by atoms with E-state index in [-0.39, 0.29) is 22.8 Å². The summed E-state index contributed by atoms with van der Waals surface area (Å²) < 4.78 is 12.2. The number of nitrogens with zero attached hydrogens (tertiary/aromatic N) is 1. The lowest BCUT2D eigenvalue weighted by atomic mass is 10.1. The van der Waals surface area contributed by atoms with Gasteiger partial charge in [0.1, 0.15) is 5.75 Å². The molecule has 4 rings (SSSR count). The molecule has 0 spiro atoms. The molecule has 1 aromatic heterocycles. The molecule has 0 atom stereocenters. The van der Waals surface area contributed by atoms with Crippen molar-refractivity contribution in [2.75, 3.05) is 5.32 Å². The third-order valence-corrected chi connectivity index (χ3v) is 5.81. The third kappa shape index (κ3) is 6.35. The number of hydrogen-bond donors (Lipinski definition) is 2. The number of furan rings is 1. The summed E-state index contributed by atoms with van der Waals surface area (Å²) in [6.07, 6.45) is 2.74. The molecular weight excluding hydrogens is 594 g/mol. The number of hydrazone groups is 1. The van der Waals surface area contributed by atoms with Crippen molar-refractivity contribution in [1.82, 2.24) is 5.43 Å². The zero-order chi connectivity index (χ0) is 25.5. The Morgan fingerprint density at radius 1 is 0.861 bits per heavy atom. The van der Waals surface area contributed by atoms with Crippen LogP contribution in [0, 0.1) is 0 Å². The van der Waals surface area contributed by atoms with Gasteiger partial charge in [-0.15, -0.1) is 0 Å². The number of benzene rings is 3. The normalized spacial score (nSPS) is 10.7. The van der Waals surface area contributed by atoms with Gasteiger partial charge in [0.25, 0.3) is 11.8 Å². The highest BCUT2D eigenvalue weighted by Gasteiger charge is 2.16. The van der Waals surface area contributed by atoms with Crippen molar-refractivity contribution in [1.29, 1.82) is 0 Å². The maximum absolute atomic E-state index is 12.8.